The molecule has 0 aliphatic heterocycles. The van der Waals surface area contributed by atoms with Crippen molar-refractivity contribution in [3.63, 3.8) is 0 Å². The molecule has 0 heterocycles. The zero-order valence-corrected chi connectivity index (χ0v) is 10.4. The molecule has 1 N–H and O–H groups in total. The fraction of sp³-hybridized carbons (Fsp3) is 0.500. The highest BCUT2D eigenvalue weighted by Crippen LogP contribution is 2.19. The summed E-state index contributed by atoms with van der Waals surface area (Å²) in [5.41, 5.74) is 0.612. The average molecular weight is 246 g/mol. The van der Waals surface area contributed by atoms with E-state index in [1.807, 2.05) is 6.92 Å². The largest absolute Gasteiger partial charge is 0.494 e. The van der Waals surface area contributed by atoms with Crippen LogP contribution < -0.4 is 10.1 Å². The molecule has 1 atom stereocenters. The number of hydrogen-bond donors (Lipinski definition) is 1. The van der Waals surface area contributed by atoms with Gasteiger partial charge in [-0.1, -0.05) is 19.1 Å². The molecule has 1 rings (SSSR count). The molecular weight excluding hydrogens is 229 g/mol. The van der Waals surface area contributed by atoms with Crippen LogP contribution in [0.5, 0.6) is 5.75 Å². The fourth-order valence-corrected chi connectivity index (χ4v) is 1.47. The van der Waals surface area contributed by atoms with Gasteiger partial charge in [0.1, 0.15) is 0 Å². The minimum absolute atomic E-state index is 0.282. The zero-order valence-electron chi connectivity index (χ0n) is 9.59. The van der Waals surface area contributed by atoms with E-state index in [-0.39, 0.29) is 11.6 Å². The molecule has 0 fully saturated rings. The van der Waals surface area contributed by atoms with E-state index in [9.17, 15) is 4.39 Å². The van der Waals surface area contributed by atoms with Gasteiger partial charge < -0.3 is 10.1 Å². The van der Waals surface area contributed by atoms with E-state index in [1.165, 1.54) is 7.11 Å². The molecule has 1 aromatic rings. The molecule has 90 valence electrons. The predicted molar refractivity (Wildman–Crippen MR) is 64.5 cm³/mol. The first-order valence-corrected chi connectivity index (χ1v) is 5.80. The van der Waals surface area contributed by atoms with Crippen LogP contribution in [-0.4, -0.2) is 19.5 Å². The van der Waals surface area contributed by atoms with Crippen LogP contribution in [0.15, 0.2) is 18.2 Å². The lowest BCUT2D eigenvalue weighted by molar-refractivity contribution is 0.383. The van der Waals surface area contributed by atoms with Gasteiger partial charge in [0.15, 0.2) is 11.6 Å². The molecule has 2 nitrogen and oxygen atoms in total. The van der Waals surface area contributed by atoms with Crippen LogP contribution in [0.4, 0.5) is 4.39 Å². The lowest BCUT2D eigenvalue weighted by Gasteiger charge is -2.11. The smallest absolute Gasteiger partial charge is 0.169 e. The third-order valence-corrected chi connectivity index (χ3v) is 2.86. The van der Waals surface area contributed by atoms with Gasteiger partial charge in [-0.05, 0) is 18.5 Å². The maximum Gasteiger partial charge on any atom is 0.169 e. The van der Waals surface area contributed by atoms with E-state index >= 15 is 0 Å². The number of ether oxygens (including phenoxy) is 1. The van der Waals surface area contributed by atoms with Gasteiger partial charge in [-0.3, -0.25) is 0 Å². The SMILES string of the molecule is COc1cccc(CNCC(C)CCl)c1F. The Hall–Kier alpha value is -0.800. The van der Waals surface area contributed by atoms with Crippen molar-refractivity contribution < 1.29 is 9.13 Å². The van der Waals surface area contributed by atoms with Crippen LogP contribution in [0, 0.1) is 11.7 Å². The normalized spacial score (nSPS) is 12.5. The highest BCUT2D eigenvalue weighted by Gasteiger charge is 2.08. The predicted octanol–water partition coefficient (Wildman–Crippen LogP) is 2.80. The van der Waals surface area contributed by atoms with E-state index in [1.54, 1.807) is 18.2 Å². The van der Waals surface area contributed by atoms with Crippen LogP contribution in [0.3, 0.4) is 0 Å². The summed E-state index contributed by atoms with van der Waals surface area (Å²) in [6, 6.07) is 5.14. The van der Waals surface area contributed by atoms with Crippen molar-refractivity contribution in [1.29, 1.82) is 0 Å². The maximum atomic E-state index is 13.7. The average Bonchev–Trinajstić information content (AvgIpc) is 2.31. The molecule has 0 aliphatic carbocycles. The Labute approximate surface area is 101 Å². The van der Waals surface area contributed by atoms with Crippen LogP contribution >= 0.6 is 11.6 Å². The summed E-state index contributed by atoms with van der Waals surface area (Å²) in [6.07, 6.45) is 0. The fourth-order valence-electron chi connectivity index (χ4n) is 1.36. The van der Waals surface area contributed by atoms with E-state index in [0.29, 0.717) is 23.9 Å². The van der Waals surface area contributed by atoms with E-state index < -0.39 is 0 Å². The van der Waals surface area contributed by atoms with Gasteiger partial charge in [0, 0.05) is 18.0 Å². The van der Waals surface area contributed by atoms with E-state index in [2.05, 4.69) is 5.32 Å². The van der Waals surface area contributed by atoms with Crippen molar-refractivity contribution in [3.8, 4) is 5.75 Å². The van der Waals surface area contributed by atoms with E-state index in [0.717, 1.165) is 6.54 Å². The second-order valence-corrected chi connectivity index (χ2v) is 4.13. The van der Waals surface area contributed by atoms with Crippen LogP contribution in [0.1, 0.15) is 12.5 Å². The Morgan fingerprint density at radius 1 is 1.50 bits per heavy atom. The number of hydrogen-bond acceptors (Lipinski definition) is 2. The molecule has 0 bridgehead atoms. The highest BCUT2D eigenvalue weighted by molar-refractivity contribution is 6.18. The monoisotopic (exact) mass is 245 g/mol. The molecule has 0 aromatic heterocycles. The molecule has 0 spiro atoms. The standard InChI is InChI=1S/C12H17ClFNO/c1-9(6-13)7-15-8-10-4-3-5-11(16-2)12(10)14/h3-5,9,15H,6-8H2,1-2H3. The van der Waals surface area contributed by atoms with Gasteiger partial charge in [0.25, 0.3) is 0 Å². The van der Waals surface area contributed by atoms with Crippen LogP contribution in [0.25, 0.3) is 0 Å². The molecule has 1 unspecified atom stereocenters. The second-order valence-electron chi connectivity index (χ2n) is 3.82. The third-order valence-electron chi connectivity index (χ3n) is 2.33. The Bertz CT molecular complexity index is 333. The number of nitrogens with one attached hydrogen (secondary N) is 1. The Morgan fingerprint density at radius 3 is 2.88 bits per heavy atom. The van der Waals surface area contributed by atoms with E-state index in [4.69, 9.17) is 16.3 Å². The number of halogens is 2. The Kier molecular flexibility index (Phi) is 5.56. The molecular formula is C12H17ClFNO. The number of methoxy groups -OCH3 is 1. The Balaban J connectivity index is 2.54. The molecule has 0 aliphatic rings. The molecule has 4 heteroatoms. The first-order valence-electron chi connectivity index (χ1n) is 5.27. The highest BCUT2D eigenvalue weighted by atomic mass is 35.5. The number of alkyl halides is 1. The Morgan fingerprint density at radius 2 is 2.25 bits per heavy atom. The van der Waals surface area contributed by atoms with Crippen LogP contribution in [0.2, 0.25) is 0 Å². The van der Waals surface area contributed by atoms with Crippen molar-refractivity contribution in [3.05, 3.63) is 29.6 Å². The van der Waals surface area contributed by atoms with Gasteiger partial charge in [0.2, 0.25) is 0 Å². The summed E-state index contributed by atoms with van der Waals surface area (Å²) < 4.78 is 18.6. The summed E-state index contributed by atoms with van der Waals surface area (Å²) in [6.45, 7) is 3.31. The molecule has 0 radical (unpaired) electrons. The summed E-state index contributed by atoms with van der Waals surface area (Å²) in [7, 11) is 1.46. The van der Waals surface area contributed by atoms with Crippen molar-refractivity contribution in [1.82, 2.24) is 5.32 Å². The minimum atomic E-state index is -0.295. The van der Waals surface area contributed by atoms with Gasteiger partial charge in [-0.2, -0.15) is 0 Å². The lowest BCUT2D eigenvalue weighted by Crippen LogP contribution is -2.22. The molecule has 0 saturated carbocycles. The molecule has 0 amide bonds. The van der Waals surface area contributed by atoms with Crippen molar-refractivity contribution in [2.45, 2.75) is 13.5 Å². The summed E-state index contributed by atoms with van der Waals surface area (Å²) >= 11 is 5.68. The minimum Gasteiger partial charge on any atom is -0.494 e. The summed E-state index contributed by atoms with van der Waals surface area (Å²) in [5, 5.41) is 3.16. The van der Waals surface area contributed by atoms with Gasteiger partial charge in [-0.25, -0.2) is 4.39 Å². The molecule has 1 aromatic carbocycles. The molecule has 16 heavy (non-hydrogen) atoms. The first kappa shape index (κ1) is 13.3. The van der Waals surface area contributed by atoms with Gasteiger partial charge in [0.05, 0.1) is 7.11 Å². The number of rotatable bonds is 6. The quantitative estimate of drug-likeness (QED) is 0.779. The third kappa shape index (κ3) is 3.65. The first-order chi connectivity index (χ1) is 7.69. The van der Waals surface area contributed by atoms with Gasteiger partial charge in [-0.15, -0.1) is 11.6 Å². The van der Waals surface area contributed by atoms with Gasteiger partial charge >= 0.3 is 0 Å². The molecule has 0 saturated heterocycles. The topological polar surface area (TPSA) is 21.3 Å². The number of benzene rings is 1. The summed E-state index contributed by atoms with van der Waals surface area (Å²) in [5.74, 6) is 0.976. The van der Waals surface area contributed by atoms with Crippen molar-refractivity contribution in [2.24, 2.45) is 5.92 Å². The zero-order chi connectivity index (χ0) is 12.0. The van der Waals surface area contributed by atoms with Crippen LogP contribution in [-0.2, 0) is 6.54 Å². The summed E-state index contributed by atoms with van der Waals surface area (Å²) in [4.78, 5) is 0. The van der Waals surface area contributed by atoms with Crippen molar-refractivity contribution in [2.75, 3.05) is 19.5 Å². The lowest BCUT2D eigenvalue weighted by atomic mass is 10.1. The van der Waals surface area contributed by atoms with Crippen molar-refractivity contribution >= 4 is 11.6 Å². The second kappa shape index (κ2) is 6.71. The maximum absolute atomic E-state index is 13.7.